The van der Waals surface area contributed by atoms with Crippen LogP contribution in [0, 0.1) is 0 Å². The standard InChI is InChI=1S/C11H15NO2/c13-11-3-1-9(2-4-11)12-10-5-7-14-8-6-10/h1-4,10,12-13H,5-8H2. The minimum Gasteiger partial charge on any atom is -0.508 e. The van der Waals surface area contributed by atoms with E-state index in [-0.39, 0.29) is 0 Å². The summed E-state index contributed by atoms with van der Waals surface area (Å²) >= 11 is 0. The zero-order chi connectivity index (χ0) is 9.80. The van der Waals surface area contributed by atoms with Crippen molar-refractivity contribution in [3.63, 3.8) is 0 Å². The van der Waals surface area contributed by atoms with Gasteiger partial charge in [-0.3, -0.25) is 0 Å². The van der Waals surface area contributed by atoms with Gasteiger partial charge in [0.15, 0.2) is 0 Å². The van der Waals surface area contributed by atoms with Crippen molar-refractivity contribution < 1.29 is 9.84 Å². The molecule has 0 saturated carbocycles. The van der Waals surface area contributed by atoms with Crippen molar-refractivity contribution in [2.75, 3.05) is 18.5 Å². The fourth-order valence-corrected chi connectivity index (χ4v) is 1.64. The lowest BCUT2D eigenvalue weighted by molar-refractivity contribution is 0.0904. The van der Waals surface area contributed by atoms with E-state index < -0.39 is 0 Å². The quantitative estimate of drug-likeness (QED) is 0.706. The molecular formula is C11H15NO2. The molecule has 0 aromatic heterocycles. The molecule has 0 bridgehead atoms. The highest BCUT2D eigenvalue weighted by molar-refractivity contribution is 5.46. The van der Waals surface area contributed by atoms with Crippen LogP contribution in [0.1, 0.15) is 12.8 Å². The normalized spacial score (nSPS) is 18.0. The molecule has 14 heavy (non-hydrogen) atoms. The molecular weight excluding hydrogens is 178 g/mol. The van der Waals surface area contributed by atoms with Gasteiger partial charge in [0, 0.05) is 24.9 Å². The summed E-state index contributed by atoms with van der Waals surface area (Å²) in [5, 5.41) is 12.5. The van der Waals surface area contributed by atoms with Gasteiger partial charge in [-0.05, 0) is 37.1 Å². The Morgan fingerprint density at radius 2 is 1.79 bits per heavy atom. The Hall–Kier alpha value is -1.22. The van der Waals surface area contributed by atoms with Crippen LogP contribution in [-0.4, -0.2) is 24.4 Å². The van der Waals surface area contributed by atoms with E-state index in [9.17, 15) is 0 Å². The molecule has 0 aliphatic carbocycles. The van der Waals surface area contributed by atoms with E-state index in [1.54, 1.807) is 12.1 Å². The van der Waals surface area contributed by atoms with Crippen molar-refractivity contribution in [2.24, 2.45) is 0 Å². The van der Waals surface area contributed by atoms with Crippen molar-refractivity contribution in [3.8, 4) is 5.75 Å². The molecule has 0 atom stereocenters. The molecule has 76 valence electrons. The molecule has 0 spiro atoms. The number of hydrogen-bond acceptors (Lipinski definition) is 3. The van der Waals surface area contributed by atoms with Gasteiger partial charge in [0.1, 0.15) is 5.75 Å². The van der Waals surface area contributed by atoms with Crippen LogP contribution < -0.4 is 5.32 Å². The van der Waals surface area contributed by atoms with E-state index >= 15 is 0 Å². The van der Waals surface area contributed by atoms with Gasteiger partial charge in [0.2, 0.25) is 0 Å². The number of benzene rings is 1. The first-order valence-corrected chi connectivity index (χ1v) is 4.98. The summed E-state index contributed by atoms with van der Waals surface area (Å²) in [5.74, 6) is 0.308. The minimum atomic E-state index is 0.308. The molecule has 3 nitrogen and oxygen atoms in total. The zero-order valence-electron chi connectivity index (χ0n) is 8.07. The summed E-state index contributed by atoms with van der Waals surface area (Å²) in [4.78, 5) is 0. The Kier molecular flexibility index (Phi) is 2.89. The Labute approximate surface area is 83.7 Å². The lowest BCUT2D eigenvalue weighted by Gasteiger charge is -2.24. The van der Waals surface area contributed by atoms with E-state index in [2.05, 4.69) is 5.32 Å². The summed E-state index contributed by atoms with van der Waals surface area (Å²) in [5.41, 5.74) is 1.06. The third kappa shape index (κ3) is 2.39. The van der Waals surface area contributed by atoms with Crippen molar-refractivity contribution in [3.05, 3.63) is 24.3 Å². The molecule has 0 unspecified atom stereocenters. The molecule has 0 amide bonds. The van der Waals surface area contributed by atoms with Gasteiger partial charge in [0.25, 0.3) is 0 Å². The van der Waals surface area contributed by atoms with Crippen LogP contribution in [0.3, 0.4) is 0 Å². The van der Waals surface area contributed by atoms with Gasteiger partial charge in [-0.1, -0.05) is 0 Å². The fraction of sp³-hybridized carbons (Fsp3) is 0.455. The first-order chi connectivity index (χ1) is 6.84. The van der Waals surface area contributed by atoms with E-state index in [0.29, 0.717) is 11.8 Å². The fourth-order valence-electron chi connectivity index (χ4n) is 1.64. The van der Waals surface area contributed by atoms with Crippen molar-refractivity contribution in [1.82, 2.24) is 0 Å². The maximum atomic E-state index is 9.11. The number of anilines is 1. The largest absolute Gasteiger partial charge is 0.508 e. The number of phenolic OH excluding ortho intramolecular Hbond substituents is 1. The van der Waals surface area contributed by atoms with Crippen LogP contribution in [0.15, 0.2) is 24.3 Å². The summed E-state index contributed by atoms with van der Waals surface area (Å²) in [6, 6.07) is 7.69. The van der Waals surface area contributed by atoms with Gasteiger partial charge in [-0.25, -0.2) is 0 Å². The number of rotatable bonds is 2. The highest BCUT2D eigenvalue weighted by atomic mass is 16.5. The number of ether oxygens (including phenoxy) is 1. The van der Waals surface area contributed by atoms with Gasteiger partial charge in [-0.15, -0.1) is 0 Å². The monoisotopic (exact) mass is 193 g/mol. The molecule has 1 aliphatic heterocycles. The Bertz CT molecular complexity index is 278. The first kappa shape index (κ1) is 9.34. The number of phenols is 1. The lowest BCUT2D eigenvalue weighted by Crippen LogP contribution is -2.27. The number of nitrogens with one attached hydrogen (secondary N) is 1. The smallest absolute Gasteiger partial charge is 0.115 e. The average Bonchev–Trinajstić information content (AvgIpc) is 2.23. The molecule has 1 fully saturated rings. The predicted molar refractivity (Wildman–Crippen MR) is 55.6 cm³/mol. The Morgan fingerprint density at radius 1 is 1.14 bits per heavy atom. The van der Waals surface area contributed by atoms with Gasteiger partial charge < -0.3 is 15.2 Å². The van der Waals surface area contributed by atoms with E-state index in [0.717, 1.165) is 31.7 Å². The minimum absolute atomic E-state index is 0.308. The first-order valence-electron chi connectivity index (χ1n) is 4.98. The Morgan fingerprint density at radius 3 is 2.43 bits per heavy atom. The van der Waals surface area contributed by atoms with E-state index in [1.807, 2.05) is 12.1 Å². The van der Waals surface area contributed by atoms with Crippen molar-refractivity contribution in [2.45, 2.75) is 18.9 Å². The third-order valence-corrected chi connectivity index (χ3v) is 2.46. The highest BCUT2D eigenvalue weighted by Crippen LogP contribution is 2.17. The topological polar surface area (TPSA) is 41.5 Å². The zero-order valence-corrected chi connectivity index (χ0v) is 8.07. The van der Waals surface area contributed by atoms with Crippen LogP contribution in [0.5, 0.6) is 5.75 Å². The van der Waals surface area contributed by atoms with E-state index in [4.69, 9.17) is 9.84 Å². The molecule has 1 aromatic rings. The van der Waals surface area contributed by atoms with Crippen LogP contribution in [0.2, 0.25) is 0 Å². The molecule has 1 saturated heterocycles. The molecule has 2 rings (SSSR count). The SMILES string of the molecule is Oc1ccc(NC2CCOCC2)cc1. The summed E-state index contributed by atoms with van der Waals surface area (Å²) in [6.07, 6.45) is 2.11. The van der Waals surface area contributed by atoms with Crippen molar-refractivity contribution >= 4 is 5.69 Å². The maximum absolute atomic E-state index is 9.11. The van der Waals surface area contributed by atoms with Gasteiger partial charge in [0.05, 0.1) is 0 Å². The molecule has 1 aromatic carbocycles. The molecule has 2 N–H and O–H groups in total. The van der Waals surface area contributed by atoms with E-state index in [1.165, 1.54) is 0 Å². The number of aromatic hydroxyl groups is 1. The predicted octanol–water partition coefficient (Wildman–Crippen LogP) is 1.98. The van der Waals surface area contributed by atoms with Crippen molar-refractivity contribution in [1.29, 1.82) is 0 Å². The lowest BCUT2D eigenvalue weighted by atomic mass is 10.1. The van der Waals surface area contributed by atoms with Crippen LogP contribution in [0.4, 0.5) is 5.69 Å². The molecule has 1 heterocycles. The molecule has 3 heteroatoms. The van der Waals surface area contributed by atoms with Crippen LogP contribution >= 0.6 is 0 Å². The number of hydrogen-bond donors (Lipinski definition) is 2. The van der Waals surface area contributed by atoms with Gasteiger partial charge >= 0.3 is 0 Å². The third-order valence-electron chi connectivity index (χ3n) is 2.46. The second-order valence-electron chi connectivity index (χ2n) is 3.58. The maximum Gasteiger partial charge on any atom is 0.115 e. The summed E-state index contributed by atoms with van der Waals surface area (Å²) in [6.45, 7) is 1.69. The summed E-state index contributed by atoms with van der Waals surface area (Å²) in [7, 11) is 0. The second kappa shape index (κ2) is 4.33. The van der Waals surface area contributed by atoms with Crippen LogP contribution in [0.25, 0.3) is 0 Å². The second-order valence-corrected chi connectivity index (χ2v) is 3.58. The summed E-state index contributed by atoms with van der Waals surface area (Å²) < 4.78 is 5.28. The average molecular weight is 193 g/mol. The highest BCUT2D eigenvalue weighted by Gasteiger charge is 2.12. The van der Waals surface area contributed by atoms with Crippen LogP contribution in [-0.2, 0) is 4.74 Å². The molecule has 1 aliphatic rings. The Balaban J connectivity index is 1.92. The van der Waals surface area contributed by atoms with Gasteiger partial charge in [-0.2, -0.15) is 0 Å². The molecule has 0 radical (unpaired) electrons.